The highest BCUT2D eigenvalue weighted by molar-refractivity contribution is 5.01. The van der Waals surface area contributed by atoms with Crippen molar-refractivity contribution >= 4 is 0 Å². The van der Waals surface area contributed by atoms with E-state index in [0.717, 1.165) is 44.2 Å². The van der Waals surface area contributed by atoms with Gasteiger partial charge < -0.3 is 13.6 Å². The summed E-state index contributed by atoms with van der Waals surface area (Å²) in [5.41, 5.74) is 0. The molecule has 0 saturated carbocycles. The van der Waals surface area contributed by atoms with Crippen molar-refractivity contribution in [3.05, 3.63) is 48.3 Å². The van der Waals surface area contributed by atoms with Crippen molar-refractivity contribution in [3.8, 4) is 0 Å². The molecule has 2 rings (SSSR count). The molecule has 0 radical (unpaired) electrons. The van der Waals surface area contributed by atoms with Crippen molar-refractivity contribution in [1.82, 2.24) is 4.90 Å². The summed E-state index contributed by atoms with van der Waals surface area (Å²) in [7, 11) is 0. The highest BCUT2D eigenvalue weighted by Crippen LogP contribution is 2.11. The summed E-state index contributed by atoms with van der Waals surface area (Å²) >= 11 is 0. The molecule has 0 fully saturated rings. The van der Waals surface area contributed by atoms with E-state index in [4.69, 9.17) is 13.6 Å². The zero-order valence-electron chi connectivity index (χ0n) is 12.2. The van der Waals surface area contributed by atoms with E-state index in [1.54, 1.807) is 12.5 Å². The van der Waals surface area contributed by atoms with Gasteiger partial charge in [0.2, 0.25) is 0 Å². The molecular formula is C16H23NO3. The van der Waals surface area contributed by atoms with Crippen molar-refractivity contribution in [3.63, 3.8) is 0 Å². The van der Waals surface area contributed by atoms with E-state index in [1.807, 2.05) is 24.3 Å². The first-order chi connectivity index (χ1) is 9.74. The summed E-state index contributed by atoms with van der Waals surface area (Å²) in [5, 5.41) is 0. The highest BCUT2D eigenvalue weighted by Gasteiger charge is 2.10. The van der Waals surface area contributed by atoms with Crippen LogP contribution in [0, 0.1) is 0 Å². The third-order valence-corrected chi connectivity index (χ3v) is 2.99. The van der Waals surface area contributed by atoms with Gasteiger partial charge in [-0.1, -0.05) is 0 Å². The van der Waals surface area contributed by atoms with Gasteiger partial charge in [0.05, 0.1) is 31.7 Å². The lowest BCUT2D eigenvalue weighted by atomic mass is 10.3. The van der Waals surface area contributed by atoms with Gasteiger partial charge in [0, 0.05) is 13.2 Å². The maximum Gasteiger partial charge on any atom is 0.117 e. The molecule has 0 spiro atoms. The van der Waals surface area contributed by atoms with Crippen LogP contribution in [0.2, 0.25) is 0 Å². The van der Waals surface area contributed by atoms with Gasteiger partial charge in [-0.15, -0.1) is 0 Å². The molecule has 0 unspecified atom stereocenters. The van der Waals surface area contributed by atoms with Crippen molar-refractivity contribution in [2.75, 3.05) is 13.2 Å². The third-order valence-electron chi connectivity index (χ3n) is 2.99. The van der Waals surface area contributed by atoms with Crippen LogP contribution in [0.3, 0.4) is 0 Å². The second kappa shape index (κ2) is 7.92. The van der Waals surface area contributed by atoms with E-state index in [9.17, 15) is 0 Å². The van der Waals surface area contributed by atoms with Crippen LogP contribution in [-0.4, -0.2) is 24.2 Å². The Labute approximate surface area is 120 Å². The van der Waals surface area contributed by atoms with Gasteiger partial charge in [-0.3, -0.25) is 4.90 Å². The number of ether oxygens (including phenoxy) is 1. The van der Waals surface area contributed by atoms with Crippen LogP contribution in [0.4, 0.5) is 0 Å². The zero-order chi connectivity index (χ0) is 14.2. The van der Waals surface area contributed by atoms with Crippen LogP contribution in [-0.2, 0) is 17.8 Å². The van der Waals surface area contributed by atoms with E-state index in [0.29, 0.717) is 6.10 Å². The van der Waals surface area contributed by atoms with Crippen LogP contribution < -0.4 is 0 Å². The normalized spacial score (nSPS) is 11.6. The monoisotopic (exact) mass is 277 g/mol. The van der Waals surface area contributed by atoms with Gasteiger partial charge in [-0.05, 0) is 44.5 Å². The predicted octanol–water partition coefficient (Wildman–Crippen LogP) is 3.69. The molecule has 0 aliphatic heterocycles. The van der Waals surface area contributed by atoms with Crippen LogP contribution in [0.25, 0.3) is 0 Å². The first kappa shape index (κ1) is 14.9. The molecule has 0 saturated heterocycles. The average Bonchev–Trinajstić information content (AvgIpc) is 3.07. The maximum atomic E-state index is 5.59. The first-order valence-electron chi connectivity index (χ1n) is 7.13. The Morgan fingerprint density at radius 3 is 2.10 bits per heavy atom. The average molecular weight is 277 g/mol. The standard InChI is InChI=1S/C16H23NO3/c1-14(2)18-11-5-8-17(12-15-6-3-9-19-15)13-16-7-4-10-20-16/h3-4,6-7,9-10,14H,5,8,11-13H2,1-2H3. The number of rotatable bonds is 9. The van der Waals surface area contributed by atoms with Crippen LogP contribution in [0.15, 0.2) is 45.6 Å². The van der Waals surface area contributed by atoms with Crippen molar-refractivity contribution < 1.29 is 13.6 Å². The second-order valence-corrected chi connectivity index (χ2v) is 5.14. The van der Waals surface area contributed by atoms with Crippen molar-refractivity contribution in [2.24, 2.45) is 0 Å². The largest absolute Gasteiger partial charge is 0.468 e. The molecule has 20 heavy (non-hydrogen) atoms. The molecule has 0 bridgehead atoms. The fourth-order valence-corrected chi connectivity index (χ4v) is 2.07. The minimum atomic E-state index is 0.290. The fraction of sp³-hybridized carbons (Fsp3) is 0.500. The van der Waals surface area contributed by atoms with Crippen molar-refractivity contribution in [1.29, 1.82) is 0 Å². The number of nitrogens with zero attached hydrogens (tertiary/aromatic N) is 1. The number of hydrogen-bond donors (Lipinski definition) is 0. The molecule has 0 aromatic carbocycles. The van der Waals surface area contributed by atoms with Crippen LogP contribution >= 0.6 is 0 Å². The maximum absolute atomic E-state index is 5.59. The van der Waals surface area contributed by atoms with E-state index in [2.05, 4.69) is 18.7 Å². The molecule has 2 aromatic heterocycles. The fourth-order valence-electron chi connectivity index (χ4n) is 2.07. The summed E-state index contributed by atoms with van der Waals surface area (Å²) in [6.45, 7) is 7.43. The molecule has 0 aliphatic carbocycles. The lowest BCUT2D eigenvalue weighted by Gasteiger charge is -2.20. The topological polar surface area (TPSA) is 38.8 Å². The minimum Gasteiger partial charge on any atom is -0.468 e. The Morgan fingerprint density at radius 1 is 1.05 bits per heavy atom. The Hall–Kier alpha value is -1.52. The number of furan rings is 2. The molecule has 4 nitrogen and oxygen atoms in total. The molecule has 0 amide bonds. The van der Waals surface area contributed by atoms with Gasteiger partial charge in [-0.25, -0.2) is 0 Å². The highest BCUT2D eigenvalue weighted by atomic mass is 16.5. The minimum absolute atomic E-state index is 0.290. The third kappa shape index (κ3) is 5.23. The molecule has 4 heteroatoms. The van der Waals surface area contributed by atoms with Gasteiger partial charge in [-0.2, -0.15) is 0 Å². The molecule has 110 valence electrons. The summed E-state index contributed by atoms with van der Waals surface area (Å²) < 4.78 is 16.4. The summed E-state index contributed by atoms with van der Waals surface area (Å²) in [6, 6.07) is 7.84. The SMILES string of the molecule is CC(C)OCCCN(Cc1ccco1)Cc1ccco1. The Kier molecular flexibility index (Phi) is 5.89. The van der Waals surface area contributed by atoms with Gasteiger partial charge in [0.1, 0.15) is 11.5 Å². The first-order valence-corrected chi connectivity index (χ1v) is 7.13. The lowest BCUT2D eigenvalue weighted by molar-refractivity contribution is 0.0680. The quantitative estimate of drug-likeness (QED) is 0.655. The summed E-state index contributed by atoms with van der Waals surface area (Å²) in [5.74, 6) is 1.95. The smallest absolute Gasteiger partial charge is 0.117 e. The molecule has 0 N–H and O–H groups in total. The van der Waals surface area contributed by atoms with E-state index in [-0.39, 0.29) is 0 Å². The summed E-state index contributed by atoms with van der Waals surface area (Å²) in [6.07, 6.45) is 4.71. The van der Waals surface area contributed by atoms with Crippen molar-refractivity contribution in [2.45, 2.75) is 39.5 Å². The van der Waals surface area contributed by atoms with Gasteiger partial charge in [0.15, 0.2) is 0 Å². The van der Waals surface area contributed by atoms with Crippen LogP contribution in [0.5, 0.6) is 0 Å². The van der Waals surface area contributed by atoms with Crippen LogP contribution in [0.1, 0.15) is 31.8 Å². The Bertz CT molecular complexity index is 412. The van der Waals surface area contributed by atoms with E-state index < -0.39 is 0 Å². The molecule has 0 atom stereocenters. The van der Waals surface area contributed by atoms with Gasteiger partial charge >= 0.3 is 0 Å². The lowest BCUT2D eigenvalue weighted by Crippen LogP contribution is -2.24. The second-order valence-electron chi connectivity index (χ2n) is 5.14. The summed E-state index contributed by atoms with van der Waals surface area (Å²) in [4.78, 5) is 2.31. The molecule has 0 aliphatic rings. The molecule has 2 heterocycles. The van der Waals surface area contributed by atoms with Gasteiger partial charge in [0.25, 0.3) is 0 Å². The molecule has 2 aromatic rings. The Balaban J connectivity index is 1.83. The predicted molar refractivity (Wildman–Crippen MR) is 77.2 cm³/mol. The van der Waals surface area contributed by atoms with E-state index >= 15 is 0 Å². The van der Waals surface area contributed by atoms with E-state index in [1.165, 1.54) is 0 Å². The number of hydrogen-bond acceptors (Lipinski definition) is 4. The zero-order valence-corrected chi connectivity index (χ0v) is 12.2. The molecular weight excluding hydrogens is 254 g/mol. The Morgan fingerprint density at radius 2 is 1.65 bits per heavy atom.